The first-order chi connectivity index (χ1) is 7.00. The lowest BCUT2D eigenvalue weighted by molar-refractivity contribution is -0.139. The van der Waals surface area contributed by atoms with Crippen LogP contribution in [0.2, 0.25) is 0 Å². The van der Waals surface area contributed by atoms with E-state index in [1.807, 2.05) is 5.32 Å². The molecule has 1 aliphatic rings. The fraction of sp³-hybridized carbons (Fsp3) is 0.750. The van der Waals surface area contributed by atoms with Crippen LogP contribution in [0.5, 0.6) is 0 Å². The normalized spacial score (nSPS) is 17.3. The number of halogens is 2. The van der Waals surface area contributed by atoms with Gasteiger partial charge in [0.1, 0.15) is 6.04 Å². The van der Waals surface area contributed by atoms with Crippen LogP contribution in [-0.4, -0.2) is 36.1 Å². The highest BCUT2D eigenvalue weighted by Gasteiger charge is 2.37. The van der Waals surface area contributed by atoms with Gasteiger partial charge in [-0.25, -0.2) is 18.4 Å². The Morgan fingerprint density at radius 3 is 2.40 bits per heavy atom. The van der Waals surface area contributed by atoms with Crippen LogP contribution in [0.3, 0.4) is 0 Å². The molecule has 0 heterocycles. The van der Waals surface area contributed by atoms with Crippen LogP contribution in [0.15, 0.2) is 0 Å². The molecule has 86 valence electrons. The molecule has 0 aliphatic heterocycles. The van der Waals surface area contributed by atoms with E-state index in [4.69, 9.17) is 5.11 Å². The molecule has 0 aromatic heterocycles. The van der Waals surface area contributed by atoms with Crippen molar-refractivity contribution in [3.8, 4) is 0 Å². The molecular formula is C8H12F2N2O3. The molecule has 1 rings (SSSR count). The highest BCUT2D eigenvalue weighted by Crippen LogP contribution is 2.32. The van der Waals surface area contributed by atoms with Gasteiger partial charge in [-0.15, -0.1) is 0 Å². The molecule has 1 aliphatic carbocycles. The predicted molar refractivity (Wildman–Crippen MR) is 46.7 cm³/mol. The summed E-state index contributed by atoms with van der Waals surface area (Å²) < 4.78 is 23.4. The number of carboxylic acids is 1. The number of carbonyl (C=O) groups is 2. The molecule has 7 heteroatoms. The van der Waals surface area contributed by atoms with Gasteiger partial charge in [-0.3, -0.25) is 0 Å². The first-order valence-corrected chi connectivity index (χ1v) is 4.56. The number of hydrogen-bond donors (Lipinski definition) is 3. The SMILES string of the molecule is O=C(NCC(F)F)NC(C(=O)O)C1CC1. The van der Waals surface area contributed by atoms with E-state index in [0.717, 1.165) is 12.8 Å². The summed E-state index contributed by atoms with van der Waals surface area (Å²) in [7, 11) is 0. The quantitative estimate of drug-likeness (QED) is 0.630. The van der Waals surface area contributed by atoms with Crippen LogP contribution < -0.4 is 10.6 Å². The van der Waals surface area contributed by atoms with E-state index in [1.165, 1.54) is 0 Å². The van der Waals surface area contributed by atoms with Crippen molar-refractivity contribution < 1.29 is 23.5 Å². The minimum absolute atomic E-state index is 0.0696. The zero-order valence-corrected chi connectivity index (χ0v) is 7.87. The van der Waals surface area contributed by atoms with Crippen molar-refractivity contribution in [3.05, 3.63) is 0 Å². The van der Waals surface area contributed by atoms with Crippen LogP contribution in [0.25, 0.3) is 0 Å². The molecule has 0 aromatic rings. The average Bonchev–Trinajstić information content (AvgIpc) is 2.93. The molecule has 0 radical (unpaired) electrons. The third kappa shape index (κ3) is 4.09. The molecule has 0 spiro atoms. The summed E-state index contributed by atoms with van der Waals surface area (Å²) in [6.45, 7) is -0.775. The van der Waals surface area contributed by atoms with E-state index in [2.05, 4.69) is 5.32 Å². The van der Waals surface area contributed by atoms with Crippen LogP contribution in [0.1, 0.15) is 12.8 Å². The number of carbonyl (C=O) groups excluding carboxylic acids is 1. The summed E-state index contributed by atoms with van der Waals surface area (Å²) in [6, 6.07) is -1.84. The lowest BCUT2D eigenvalue weighted by Crippen LogP contribution is -2.48. The predicted octanol–water partition coefficient (Wildman–Crippen LogP) is 0.414. The number of urea groups is 1. The van der Waals surface area contributed by atoms with Gasteiger partial charge in [-0.05, 0) is 18.8 Å². The van der Waals surface area contributed by atoms with Crippen LogP contribution in [0.4, 0.5) is 13.6 Å². The fourth-order valence-corrected chi connectivity index (χ4v) is 1.17. The lowest BCUT2D eigenvalue weighted by Gasteiger charge is -2.13. The number of amides is 2. The van der Waals surface area contributed by atoms with Crippen molar-refractivity contribution >= 4 is 12.0 Å². The van der Waals surface area contributed by atoms with E-state index in [0.29, 0.717) is 0 Å². The highest BCUT2D eigenvalue weighted by atomic mass is 19.3. The maximum Gasteiger partial charge on any atom is 0.326 e. The van der Waals surface area contributed by atoms with E-state index < -0.39 is 31.0 Å². The van der Waals surface area contributed by atoms with Gasteiger partial charge in [0, 0.05) is 0 Å². The monoisotopic (exact) mass is 222 g/mol. The summed E-state index contributed by atoms with van der Waals surface area (Å²) >= 11 is 0. The molecule has 0 bridgehead atoms. The summed E-state index contributed by atoms with van der Waals surface area (Å²) in [6.07, 6.45) is -1.15. The Kier molecular flexibility index (Phi) is 3.81. The molecule has 5 nitrogen and oxygen atoms in total. The Morgan fingerprint density at radius 2 is 2.00 bits per heavy atom. The molecular weight excluding hydrogens is 210 g/mol. The summed E-state index contributed by atoms with van der Waals surface area (Å²) in [4.78, 5) is 21.6. The maximum atomic E-state index is 11.7. The summed E-state index contributed by atoms with van der Waals surface area (Å²) in [5, 5.41) is 12.8. The standard InChI is InChI=1S/C8H12F2N2O3/c9-5(10)3-11-8(15)12-6(7(13)14)4-1-2-4/h4-6H,1-3H2,(H,13,14)(H2,11,12,15). The van der Waals surface area contributed by atoms with Gasteiger partial charge < -0.3 is 15.7 Å². The van der Waals surface area contributed by atoms with E-state index in [-0.39, 0.29) is 5.92 Å². The molecule has 1 atom stereocenters. The molecule has 2 amide bonds. The summed E-state index contributed by atoms with van der Waals surface area (Å²) in [5.41, 5.74) is 0. The third-order valence-corrected chi connectivity index (χ3v) is 2.06. The maximum absolute atomic E-state index is 11.7. The fourth-order valence-electron chi connectivity index (χ4n) is 1.17. The molecule has 1 saturated carbocycles. The van der Waals surface area contributed by atoms with Crippen molar-refractivity contribution in [2.45, 2.75) is 25.3 Å². The highest BCUT2D eigenvalue weighted by molar-refractivity contribution is 5.83. The molecule has 1 unspecified atom stereocenters. The minimum atomic E-state index is -2.64. The second-order valence-electron chi connectivity index (χ2n) is 3.40. The average molecular weight is 222 g/mol. The molecule has 0 saturated heterocycles. The number of rotatable bonds is 5. The smallest absolute Gasteiger partial charge is 0.326 e. The Hall–Kier alpha value is -1.40. The molecule has 15 heavy (non-hydrogen) atoms. The number of hydrogen-bond acceptors (Lipinski definition) is 2. The van der Waals surface area contributed by atoms with E-state index in [1.54, 1.807) is 0 Å². The number of alkyl halides is 2. The van der Waals surface area contributed by atoms with Gasteiger partial charge >= 0.3 is 12.0 Å². The Morgan fingerprint density at radius 1 is 1.40 bits per heavy atom. The largest absolute Gasteiger partial charge is 0.480 e. The second kappa shape index (κ2) is 4.90. The van der Waals surface area contributed by atoms with E-state index >= 15 is 0 Å². The van der Waals surface area contributed by atoms with Gasteiger partial charge in [0.05, 0.1) is 6.54 Å². The Labute approximate surface area is 84.8 Å². The van der Waals surface area contributed by atoms with Gasteiger partial charge in [0.25, 0.3) is 6.43 Å². The summed E-state index contributed by atoms with van der Waals surface area (Å²) in [5.74, 6) is -1.20. The Balaban J connectivity index is 2.31. The van der Waals surface area contributed by atoms with Crippen molar-refractivity contribution in [1.82, 2.24) is 10.6 Å². The zero-order chi connectivity index (χ0) is 11.4. The molecule has 1 fully saturated rings. The van der Waals surface area contributed by atoms with E-state index in [9.17, 15) is 18.4 Å². The topological polar surface area (TPSA) is 78.4 Å². The van der Waals surface area contributed by atoms with Gasteiger partial charge in [0.2, 0.25) is 0 Å². The van der Waals surface area contributed by atoms with Crippen LogP contribution in [0, 0.1) is 5.92 Å². The Bertz CT molecular complexity index is 256. The van der Waals surface area contributed by atoms with Gasteiger partial charge in [-0.1, -0.05) is 0 Å². The third-order valence-electron chi connectivity index (χ3n) is 2.06. The van der Waals surface area contributed by atoms with Crippen molar-refractivity contribution in [2.75, 3.05) is 6.54 Å². The number of aliphatic carboxylic acids is 1. The first kappa shape index (κ1) is 11.7. The van der Waals surface area contributed by atoms with Crippen molar-refractivity contribution in [3.63, 3.8) is 0 Å². The second-order valence-corrected chi connectivity index (χ2v) is 3.40. The van der Waals surface area contributed by atoms with Crippen LogP contribution in [-0.2, 0) is 4.79 Å². The van der Waals surface area contributed by atoms with Gasteiger partial charge in [0.15, 0.2) is 0 Å². The zero-order valence-electron chi connectivity index (χ0n) is 7.87. The lowest BCUT2D eigenvalue weighted by atomic mass is 10.2. The molecule has 3 N–H and O–H groups in total. The minimum Gasteiger partial charge on any atom is -0.480 e. The molecule has 0 aromatic carbocycles. The van der Waals surface area contributed by atoms with Gasteiger partial charge in [-0.2, -0.15) is 0 Å². The van der Waals surface area contributed by atoms with Crippen LogP contribution >= 0.6 is 0 Å². The van der Waals surface area contributed by atoms with Crippen molar-refractivity contribution in [1.29, 1.82) is 0 Å². The number of nitrogens with one attached hydrogen (secondary N) is 2. The number of carboxylic acid groups (broad SMARTS) is 1. The van der Waals surface area contributed by atoms with Crippen molar-refractivity contribution in [2.24, 2.45) is 5.92 Å². The first-order valence-electron chi connectivity index (χ1n) is 4.56.